The van der Waals surface area contributed by atoms with Crippen molar-refractivity contribution in [2.75, 3.05) is 0 Å². The number of fused-ring (bicyclic) bond motifs is 5. The normalized spacial score (nSPS) is 48.5. The Hall–Kier alpha value is -1.18. The molecule has 5 atom stereocenters. The maximum atomic E-state index is 12.3. The average molecular weight is 284 g/mol. The second kappa shape index (κ2) is 4.18. The number of hydrogen-bond acceptors (Lipinski definition) is 2. The number of ketones is 2. The Morgan fingerprint density at radius 3 is 2.67 bits per heavy atom. The predicted octanol–water partition coefficient (Wildman–Crippen LogP) is 3.86. The Kier molecular flexibility index (Phi) is 2.68. The fourth-order valence-electron chi connectivity index (χ4n) is 5.97. The van der Waals surface area contributed by atoms with Gasteiger partial charge < -0.3 is 0 Å². The highest BCUT2D eigenvalue weighted by Gasteiger charge is 2.58. The van der Waals surface area contributed by atoms with E-state index in [0.717, 1.165) is 32.1 Å². The van der Waals surface area contributed by atoms with Crippen LogP contribution in [0.1, 0.15) is 52.4 Å². The molecule has 0 spiro atoms. The zero-order valence-corrected chi connectivity index (χ0v) is 13.0. The van der Waals surface area contributed by atoms with E-state index in [0.29, 0.717) is 23.5 Å². The summed E-state index contributed by atoms with van der Waals surface area (Å²) >= 11 is 0. The topological polar surface area (TPSA) is 34.1 Å². The molecule has 3 saturated carbocycles. The molecular weight excluding hydrogens is 260 g/mol. The van der Waals surface area contributed by atoms with E-state index in [1.165, 1.54) is 12.0 Å². The average Bonchev–Trinajstić information content (AvgIpc) is 2.76. The van der Waals surface area contributed by atoms with Crippen LogP contribution in [0.2, 0.25) is 0 Å². The van der Waals surface area contributed by atoms with Crippen molar-refractivity contribution in [3.05, 3.63) is 23.8 Å². The van der Waals surface area contributed by atoms with Crippen LogP contribution in [-0.4, -0.2) is 11.6 Å². The van der Waals surface area contributed by atoms with Crippen LogP contribution in [-0.2, 0) is 9.59 Å². The zero-order valence-electron chi connectivity index (χ0n) is 13.0. The molecule has 2 heteroatoms. The van der Waals surface area contributed by atoms with Gasteiger partial charge in [0.15, 0.2) is 5.78 Å². The molecule has 0 heterocycles. The summed E-state index contributed by atoms with van der Waals surface area (Å²) in [5.41, 5.74) is 1.35. The van der Waals surface area contributed by atoms with E-state index in [4.69, 9.17) is 0 Å². The van der Waals surface area contributed by atoms with E-state index in [2.05, 4.69) is 19.9 Å². The first-order valence-corrected chi connectivity index (χ1v) is 8.43. The summed E-state index contributed by atoms with van der Waals surface area (Å²) in [5, 5.41) is 0. The van der Waals surface area contributed by atoms with Gasteiger partial charge in [-0.15, -0.1) is 0 Å². The second-order valence-corrected chi connectivity index (χ2v) is 8.02. The second-order valence-electron chi connectivity index (χ2n) is 8.02. The zero-order chi connectivity index (χ0) is 14.8. The van der Waals surface area contributed by atoms with Crippen LogP contribution in [0.15, 0.2) is 23.8 Å². The minimum absolute atomic E-state index is 0.0487. The van der Waals surface area contributed by atoms with Gasteiger partial charge in [0.1, 0.15) is 5.78 Å². The molecule has 0 aromatic carbocycles. The molecule has 4 aliphatic carbocycles. The molecule has 0 aromatic rings. The molecule has 112 valence electrons. The number of Topliss-reactive ketones (excluding diaryl/α,β-unsaturated/α-hetero) is 1. The number of hydrogen-bond donors (Lipinski definition) is 0. The van der Waals surface area contributed by atoms with Crippen LogP contribution in [0, 0.1) is 28.6 Å². The third-order valence-electron chi connectivity index (χ3n) is 7.27. The molecule has 4 rings (SSSR count). The third kappa shape index (κ3) is 1.65. The quantitative estimate of drug-likeness (QED) is 0.677. The van der Waals surface area contributed by atoms with Gasteiger partial charge in [0.2, 0.25) is 0 Å². The fraction of sp³-hybridized carbons (Fsp3) is 0.684. The van der Waals surface area contributed by atoms with Crippen LogP contribution in [0.25, 0.3) is 0 Å². The summed E-state index contributed by atoms with van der Waals surface area (Å²) in [5.74, 6) is 2.51. The summed E-state index contributed by atoms with van der Waals surface area (Å²) in [6, 6.07) is 0. The first-order chi connectivity index (χ1) is 9.95. The summed E-state index contributed by atoms with van der Waals surface area (Å²) in [6.07, 6.45) is 12.1. The molecule has 4 aliphatic rings. The molecule has 0 saturated heterocycles. The number of rotatable bonds is 0. The van der Waals surface area contributed by atoms with E-state index < -0.39 is 0 Å². The van der Waals surface area contributed by atoms with Crippen molar-refractivity contribution in [1.29, 1.82) is 0 Å². The molecule has 0 aliphatic heterocycles. The monoisotopic (exact) mass is 284 g/mol. The Balaban J connectivity index is 1.72. The van der Waals surface area contributed by atoms with Gasteiger partial charge in [-0.2, -0.15) is 0 Å². The van der Waals surface area contributed by atoms with E-state index in [9.17, 15) is 9.59 Å². The lowest BCUT2D eigenvalue weighted by atomic mass is 9.48. The van der Waals surface area contributed by atoms with E-state index >= 15 is 0 Å². The van der Waals surface area contributed by atoms with Gasteiger partial charge in [-0.3, -0.25) is 9.59 Å². The molecule has 3 fully saturated rings. The van der Waals surface area contributed by atoms with Crippen LogP contribution >= 0.6 is 0 Å². The molecule has 0 unspecified atom stereocenters. The van der Waals surface area contributed by atoms with Gasteiger partial charge in [0.05, 0.1) is 0 Å². The SMILES string of the molecule is C[C@@]12C=CC(=O)C=C1CC[C@@H]1[C@H]2CC[C@]2(C)C(=O)CC[C@H]12. The van der Waals surface area contributed by atoms with E-state index in [1.807, 2.05) is 6.08 Å². The van der Waals surface area contributed by atoms with Gasteiger partial charge in [-0.05, 0) is 62.0 Å². The van der Waals surface area contributed by atoms with Gasteiger partial charge in [0, 0.05) is 17.3 Å². The van der Waals surface area contributed by atoms with Crippen LogP contribution in [0.5, 0.6) is 0 Å². The van der Waals surface area contributed by atoms with Crippen molar-refractivity contribution >= 4 is 11.6 Å². The van der Waals surface area contributed by atoms with Gasteiger partial charge in [-0.1, -0.05) is 25.5 Å². The van der Waals surface area contributed by atoms with Gasteiger partial charge >= 0.3 is 0 Å². The largest absolute Gasteiger partial charge is 0.299 e. The van der Waals surface area contributed by atoms with Gasteiger partial charge in [0.25, 0.3) is 0 Å². The number of carbonyl (C=O) groups excluding carboxylic acids is 2. The van der Waals surface area contributed by atoms with E-state index in [1.54, 1.807) is 6.08 Å². The van der Waals surface area contributed by atoms with Crippen molar-refractivity contribution in [2.24, 2.45) is 28.6 Å². The summed E-state index contributed by atoms with van der Waals surface area (Å²) in [6.45, 7) is 4.54. The van der Waals surface area contributed by atoms with Crippen molar-refractivity contribution in [1.82, 2.24) is 0 Å². The highest BCUT2D eigenvalue weighted by Crippen LogP contribution is 2.63. The Morgan fingerprint density at radius 1 is 1.05 bits per heavy atom. The maximum Gasteiger partial charge on any atom is 0.178 e. The minimum atomic E-state index is -0.0487. The molecule has 0 N–H and O–H groups in total. The summed E-state index contributed by atoms with van der Waals surface area (Å²) in [4.78, 5) is 24.0. The highest BCUT2D eigenvalue weighted by molar-refractivity contribution is 6.01. The number of carbonyl (C=O) groups is 2. The molecule has 0 radical (unpaired) electrons. The van der Waals surface area contributed by atoms with Crippen LogP contribution in [0.4, 0.5) is 0 Å². The standard InChI is InChI=1S/C19H24O2/c1-18-9-7-13(20)11-12(18)3-4-14-15-5-6-17(21)19(15,2)10-8-16(14)18/h7,9,11,14-16H,3-6,8,10H2,1-2H3/t14-,15+,16+,18+,19-/m0/s1. The lowest BCUT2D eigenvalue weighted by Gasteiger charge is -2.55. The summed E-state index contributed by atoms with van der Waals surface area (Å²) < 4.78 is 0. The molecule has 21 heavy (non-hydrogen) atoms. The van der Waals surface area contributed by atoms with Crippen LogP contribution < -0.4 is 0 Å². The fourth-order valence-corrected chi connectivity index (χ4v) is 5.97. The first-order valence-electron chi connectivity index (χ1n) is 8.43. The summed E-state index contributed by atoms with van der Waals surface area (Å²) in [7, 11) is 0. The van der Waals surface area contributed by atoms with E-state index in [-0.39, 0.29) is 16.6 Å². The lowest BCUT2D eigenvalue weighted by Crippen LogP contribution is -2.49. The first kappa shape index (κ1) is 13.5. The van der Waals surface area contributed by atoms with Crippen molar-refractivity contribution in [2.45, 2.75) is 52.4 Å². The highest BCUT2D eigenvalue weighted by atomic mass is 16.1. The Bertz CT molecular complexity index is 584. The number of allylic oxidation sites excluding steroid dienone is 4. The molecule has 0 aromatic heterocycles. The maximum absolute atomic E-state index is 12.3. The van der Waals surface area contributed by atoms with Crippen molar-refractivity contribution < 1.29 is 9.59 Å². The molecule has 2 nitrogen and oxygen atoms in total. The molecule has 0 bridgehead atoms. The predicted molar refractivity (Wildman–Crippen MR) is 81.6 cm³/mol. The smallest absolute Gasteiger partial charge is 0.178 e. The lowest BCUT2D eigenvalue weighted by molar-refractivity contribution is -0.131. The van der Waals surface area contributed by atoms with Crippen molar-refractivity contribution in [3.8, 4) is 0 Å². The Labute approximate surface area is 126 Å². The Morgan fingerprint density at radius 2 is 1.86 bits per heavy atom. The minimum Gasteiger partial charge on any atom is -0.299 e. The molecular formula is C19H24O2. The van der Waals surface area contributed by atoms with Gasteiger partial charge in [-0.25, -0.2) is 0 Å². The third-order valence-corrected chi connectivity index (χ3v) is 7.27. The van der Waals surface area contributed by atoms with Crippen LogP contribution in [0.3, 0.4) is 0 Å². The van der Waals surface area contributed by atoms with Crippen molar-refractivity contribution in [3.63, 3.8) is 0 Å². The molecule has 0 amide bonds.